The first-order valence-corrected chi connectivity index (χ1v) is 12.8. The molecule has 8 nitrogen and oxygen atoms in total. The fraction of sp³-hybridized carbons (Fsp3) is 0.448. The van der Waals surface area contributed by atoms with E-state index in [4.69, 9.17) is 14.2 Å². The van der Waals surface area contributed by atoms with E-state index < -0.39 is 17.7 Å². The number of rotatable bonds is 13. The molecule has 0 spiro atoms. The Kier molecular flexibility index (Phi) is 10.4. The van der Waals surface area contributed by atoms with Crippen molar-refractivity contribution >= 4 is 16.9 Å². The zero-order chi connectivity index (χ0) is 27.8. The Labute approximate surface area is 221 Å². The third kappa shape index (κ3) is 6.59. The molecule has 3 aromatic rings. The first-order chi connectivity index (χ1) is 18.3. The van der Waals surface area contributed by atoms with E-state index in [0.29, 0.717) is 47.2 Å². The number of carbonyl (C=O) groups excluding carboxylic acids is 1. The summed E-state index contributed by atoms with van der Waals surface area (Å²) in [6.45, 7) is 5.20. The van der Waals surface area contributed by atoms with Gasteiger partial charge < -0.3 is 29.0 Å². The van der Waals surface area contributed by atoms with Crippen LogP contribution in [0, 0.1) is 12.7 Å². The summed E-state index contributed by atoms with van der Waals surface area (Å²) in [5, 5.41) is 19.1. The minimum atomic E-state index is -0.892. The van der Waals surface area contributed by atoms with Gasteiger partial charge in [-0.05, 0) is 42.5 Å². The number of ether oxygens (including phenoxy) is 3. The number of aliphatic hydroxyl groups is 2. The van der Waals surface area contributed by atoms with Crippen LogP contribution in [0.25, 0.3) is 10.9 Å². The number of esters is 1. The van der Waals surface area contributed by atoms with E-state index in [9.17, 15) is 24.2 Å². The third-order valence-corrected chi connectivity index (χ3v) is 6.52. The van der Waals surface area contributed by atoms with Crippen molar-refractivity contribution in [2.45, 2.75) is 65.4 Å². The van der Waals surface area contributed by atoms with E-state index in [2.05, 4.69) is 0 Å². The lowest BCUT2D eigenvalue weighted by molar-refractivity contribution is -0.146. The second-order valence-electron chi connectivity index (χ2n) is 9.12. The summed E-state index contributed by atoms with van der Waals surface area (Å²) in [6, 6.07) is 8.38. The highest BCUT2D eigenvalue weighted by Crippen LogP contribution is 2.28. The molecule has 0 fully saturated rings. The van der Waals surface area contributed by atoms with Crippen LogP contribution in [0.3, 0.4) is 0 Å². The maximum Gasteiger partial charge on any atom is 0.345 e. The van der Waals surface area contributed by atoms with E-state index in [1.165, 1.54) is 13.3 Å². The summed E-state index contributed by atoms with van der Waals surface area (Å²) in [7, 11) is 1.49. The highest BCUT2D eigenvalue weighted by Gasteiger charge is 2.23. The molecule has 2 atom stereocenters. The lowest BCUT2D eigenvalue weighted by atomic mass is 9.99. The Balaban J connectivity index is 2.07. The van der Waals surface area contributed by atoms with Gasteiger partial charge in [-0.1, -0.05) is 32.0 Å². The fourth-order valence-electron chi connectivity index (χ4n) is 4.40. The van der Waals surface area contributed by atoms with Crippen LogP contribution < -0.4 is 10.2 Å². The first-order valence-electron chi connectivity index (χ1n) is 12.8. The van der Waals surface area contributed by atoms with Gasteiger partial charge in [0.2, 0.25) is 11.7 Å². The number of hydrogen-bond donors (Lipinski definition) is 2. The molecular formula is C29H36FNO7. The predicted molar refractivity (Wildman–Crippen MR) is 142 cm³/mol. The standard InChI is InChI=1S/C29H36FNO7/c1-5-21(10-12-32)37-26(6-2)38-29(35)23-17-31(11-13-33)24-16-25(36-4)20(15-22(24)28(23)34)14-19-9-7-8-18(3)27(19)30/h7-9,15-17,21,26,32-33H,5-6,10-14H2,1-4H3. The quantitative estimate of drug-likeness (QED) is 0.253. The largest absolute Gasteiger partial charge is 0.496 e. The number of methoxy groups -OCH3 is 1. The number of aryl methyl sites for hydroxylation is 1. The number of nitrogens with zero attached hydrogens (tertiary/aromatic N) is 1. The van der Waals surface area contributed by atoms with Gasteiger partial charge in [-0.15, -0.1) is 0 Å². The fourth-order valence-corrected chi connectivity index (χ4v) is 4.40. The highest BCUT2D eigenvalue weighted by molar-refractivity contribution is 5.94. The monoisotopic (exact) mass is 529 g/mol. The molecule has 0 aliphatic heterocycles. The van der Waals surface area contributed by atoms with E-state index in [1.807, 2.05) is 6.92 Å². The Hall–Kier alpha value is -3.27. The molecule has 2 unspecified atom stereocenters. The van der Waals surface area contributed by atoms with Gasteiger partial charge in [0.1, 0.15) is 17.1 Å². The van der Waals surface area contributed by atoms with E-state index in [0.717, 1.165) is 0 Å². The zero-order valence-corrected chi connectivity index (χ0v) is 22.3. The second kappa shape index (κ2) is 13.5. The van der Waals surface area contributed by atoms with Crippen molar-refractivity contribution in [3.8, 4) is 5.75 Å². The van der Waals surface area contributed by atoms with Gasteiger partial charge in [0, 0.05) is 43.6 Å². The Bertz CT molecular complexity index is 1320. The van der Waals surface area contributed by atoms with Gasteiger partial charge in [0.05, 0.1) is 25.3 Å². The summed E-state index contributed by atoms with van der Waals surface area (Å²) in [4.78, 5) is 26.7. The van der Waals surface area contributed by atoms with Gasteiger partial charge in [0.15, 0.2) is 0 Å². The number of carbonyl (C=O) groups is 1. The molecule has 38 heavy (non-hydrogen) atoms. The molecule has 0 amide bonds. The maximum atomic E-state index is 14.7. The third-order valence-electron chi connectivity index (χ3n) is 6.52. The van der Waals surface area contributed by atoms with E-state index in [1.54, 1.807) is 48.7 Å². The first kappa shape index (κ1) is 29.3. The smallest absolute Gasteiger partial charge is 0.345 e. The SMILES string of the molecule is CCC(CCO)OC(CC)OC(=O)c1cn(CCO)c2cc(OC)c(Cc3cccc(C)c3F)cc2c1=O. The molecule has 206 valence electrons. The molecule has 0 radical (unpaired) electrons. The predicted octanol–water partition coefficient (Wildman–Crippen LogP) is 4.11. The van der Waals surface area contributed by atoms with Crippen molar-refractivity contribution in [2.24, 2.45) is 0 Å². The number of benzene rings is 2. The van der Waals surface area contributed by atoms with Crippen molar-refractivity contribution < 1.29 is 33.6 Å². The Morgan fingerprint density at radius 3 is 2.50 bits per heavy atom. The van der Waals surface area contributed by atoms with Crippen LogP contribution >= 0.6 is 0 Å². The van der Waals surface area contributed by atoms with Crippen molar-refractivity contribution in [1.82, 2.24) is 4.57 Å². The van der Waals surface area contributed by atoms with Crippen LogP contribution in [0.5, 0.6) is 5.75 Å². The minimum absolute atomic E-state index is 0.0579. The summed E-state index contributed by atoms with van der Waals surface area (Å²) < 4.78 is 33.2. The lowest BCUT2D eigenvalue weighted by Gasteiger charge is -2.23. The van der Waals surface area contributed by atoms with E-state index in [-0.39, 0.29) is 49.1 Å². The number of pyridine rings is 1. The van der Waals surface area contributed by atoms with Gasteiger partial charge >= 0.3 is 5.97 Å². The summed E-state index contributed by atoms with van der Waals surface area (Å²) in [5.41, 5.74) is 1.24. The number of hydrogen-bond acceptors (Lipinski definition) is 7. The van der Waals surface area contributed by atoms with E-state index >= 15 is 0 Å². The molecule has 3 rings (SSSR count). The molecule has 1 heterocycles. The lowest BCUT2D eigenvalue weighted by Crippen LogP contribution is -2.29. The van der Waals surface area contributed by atoms with Gasteiger partial charge in [-0.25, -0.2) is 9.18 Å². The zero-order valence-electron chi connectivity index (χ0n) is 22.3. The molecule has 2 aromatic carbocycles. The normalized spacial score (nSPS) is 12.9. The Morgan fingerprint density at radius 1 is 1.11 bits per heavy atom. The van der Waals surface area contributed by atoms with Crippen molar-refractivity contribution in [2.75, 3.05) is 20.3 Å². The van der Waals surface area contributed by atoms with Crippen LogP contribution in [0.1, 0.15) is 60.2 Å². The molecule has 1 aromatic heterocycles. The van der Waals surface area contributed by atoms with Crippen LogP contribution in [0.4, 0.5) is 4.39 Å². The molecule has 0 bridgehead atoms. The van der Waals surface area contributed by atoms with Crippen molar-refractivity contribution in [1.29, 1.82) is 0 Å². The van der Waals surface area contributed by atoms with Crippen LogP contribution in [-0.4, -0.2) is 53.5 Å². The molecule has 0 saturated heterocycles. The van der Waals surface area contributed by atoms with Gasteiger partial charge in [-0.3, -0.25) is 4.79 Å². The number of halogens is 1. The molecule has 0 aliphatic rings. The summed E-state index contributed by atoms with van der Waals surface area (Å²) >= 11 is 0. The molecule has 0 saturated carbocycles. The maximum absolute atomic E-state index is 14.7. The minimum Gasteiger partial charge on any atom is -0.496 e. The van der Waals surface area contributed by atoms with Crippen molar-refractivity contribution in [3.63, 3.8) is 0 Å². The van der Waals surface area contributed by atoms with Crippen molar-refractivity contribution in [3.05, 3.63) is 74.8 Å². The van der Waals surface area contributed by atoms with Crippen LogP contribution in [0.15, 0.2) is 41.3 Å². The number of fused-ring (bicyclic) bond motifs is 1. The topological polar surface area (TPSA) is 107 Å². The summed E-state index contributed by atoms with van der Waals surface area (Å²) in [5.74, 6) is -0.730. The highest BCUT2D eigenvalue weighted by atomic mass is 19.1. The van der Waals surface area contributed by atoms with Gasteiger partial charge in [0.25, 0.3) is 0 Å². The Morgan fingerprint density at radius 2 is 1.87 bits per heavy atom. The average molecular weight is 530 g/mol. The van der Waals surface area contributed by atoms with Gasteiger partial charge in [-0.2, -0.15) is 0 Å². The van der Waals surface area contributed by atoms with Crippen LogP contribution in [-0.2, 0) is 22.4 Å². The molecular weight excluding hydrogens is 493 g/mol. The number of aromatic nitrogens is 1. The van der Waals surface area contributed by atoms with Crippen LogP contribution in [0.2, 0.25) is 0 Å². The number of aliphatic hydroxyl groups excluding tert-OH is 2. The molecule has 0 aliphatic carbocycles. The second-order valence-corrected chi connectivity index (χ2v) is 9.12. The molecule has 9 heteroatoms. The molecule has 2 N–H and O–H groups in total. The average Bonchev–Trinajstić information content (AvgIpc) is 2.91. The summed E-state index contributed by atoms with van der Waals surface area (Å²) in [6.07, 6.45) is 1.73.